The molecule has 0 saturated heterocycles. The highest BCUT2D eigenvalue weighted by atomic mass is 35.5. The van der Waals surface area contributed by atoms with E-state index < -0.39 is 24.6 Å². The van der Waals surface area contributed by atoms with Crippen molar-refractivity contribution >= 4 is 46.8 Å². The lowest BCUT2D eigenvalue weighted by molar-refractivity contribution is 0.365. The van der Waals surface area contributed by atoms with Crippen LogP contribution in [0.4, 0.5) is 5.00 Å². The summed E-state index contributed by atoms with van der Waals surface area (Å²) in [4.78, 5) is 14.6. The van der Waals surface area contributed by atoms with Crippen molar-refractivity contribution in [3.05, 3.63) is 76.9 Å². The molecular weight excluding hydrogens is 431 g/mol. The molecule has 0 bridgehead atoms. The predicted octanol–water partition coefficient (Wildman–Crippen LogP) is 4.36. The van der Waals surface area contributed by atoms with Gasteiger partial charge in [-0.1, -0.05) is 41.9 Å². The minimum Gasteiger partial charge on any atom is -0.755 e. The van der Waals surface area contributed by atoms with Crippen LogP contribution in [0.2, 0.25) is 5.15 Å². The first-order valence-corrected chi connectivity index (χ1v) is 11.4. The number of pyridine rings is 1. The van der Waals surface area contributed by atoms with Gasteiger partial charge in [-0.05, 0) is 35.2 Å². The van der Waals surface area contributed by atoms with E-state index in [-0.39, 0.29) is 15.9 Å². The van der Waals surface area contributed by atoms with E-state index in [1.54, 1.807) is 41.8 Å². The highest BCUT2D eigenvalue weighted by Crippen LogP contribution is 2.59. The zero-order valence-electron chi connectivity index (χ0n) is 13.5. The van der Waals surface area contributed by atoms with Gasteiger partial charge in [-0.3, -0.25) is 8.51 Å². The van der Waals surface area contributed by atoms with E-state index in [1.807, 2.05) is 0 Å². The number of thiophene rings is 1. The fraction of sp³-hybridized carbons (Fsp3) is 0.0625. The fourth-order valence-corrected chi connectivity index (χ4v) is 6.20. The molecule has 0 aliphatic heterocycles. The van der Waals surface area contributed by atoms with Crippen LogP contribution in [0.15, 0.2) is 66.2 Å². The van der Waals surface area contributed by atoms with Crippen LogP contribution in [0, 0.1) is 0 Å². The molecule has 3 rings (SSSR count). The number of anilines is 1. The summed E-state index contributed by atoms with van der Waals surface area (Å²) in [5.41, 5.74) is 0.293. The number of benzene rings is 1. The summed E-state index contributed by atoms with van der Waals surface area (Å²) in [6.45, 7) is 0. The van der Waals surface area contributed by atoms with Gasteiger partial charge in [0.25, 0.3) is 0 Å². The minimum atomic E-state index is -4.61. The third-order valence-electron chi connectivity index (χ3n) is 3.47. The van der Waals surface area contributed by atoms with Crippen LogP contribution in [0.3, 0.4) is 0 Å². The van der Waals surface area contributed by atoms with Crippen molar-refractivity contribution in [2.45, 2.75) is 5.78 Å². The van der Waals surface area contributed by atoms with Crippen molar-refractivity contribution in [2.24, 2.45) is 0 Å². The third-order valence-corrected chi connectivity index (χ3v) is 7.22. The molecule has 1 aromatic carbocycles. The number of nitrogens with zero attached hydrogens (tertiary/aromatic N) is 2. The lowest BCUT2D eigenvalue weighted by Gasteiger charge is -2.35. The van der Waals surface area contributed by atoms with Gasteiger partial charge in [-0.2, -0.15) is 0 Å². The molecule has 27 heavy (non-hydrogen) atoms. The normalized spacial score (nSPS) is 15.5. The smallest absolute Gasteiger partial charge is 0.404 e. The molecule has 142 valence electrons. The number of aromatic nitrogens is 1. The van der Waals surface area contributed by atoms with Crippen LogP contribution in [0.5, 0.6) is 5.75 Å². The van der Waals surface area contributed by atoms with E-state index in [1.165, 1.54) is 24.4 Å². The van der Waals surface area contributed by atoms with Gasteiger partial charge < -0.3 is 14.0 Å². The van der Waals surface area contributed by atoms with E-state index >= 15 is 0 Å². The molecule has 3 atom stereocenters. The molecule has 0 spiro atoms. The molecule has 0 radical (unpaired) electrons. The first kappa shape index (κ1) is 20.0. The molecule has 0 aliphatic rings. The van der Waals surface area contributed by atoms with Crippen LogP contribution < -0.4 is 8.83 Å². The molecule has 7 nitrogen and oxygen atoms in total. The Kier molecular flexibility index (Phi) is 6.31. The van der Waals surface area contributed by atoms with Crippen molar-refractivity contribution in [1.29, 1.82) is 0 Å². The average Bonchev–Trinajstić information content (AvgIpc) is 3.15. The standard InChI is InChI=1S/C16H14ClN2O5PS2/c17-15-13(8-4-10-18-15)24-25(20,21)16(12-6-2-1-3-7-12)19(27(22)23)14-9-5-11-26-14/h1-11,16H,(H,20,21)(H,22,23)/p-1. The summed E-state index contributed by atoms with van der Waals surface area (Å²) in [5, 5.41) is 1.83. The SMILES string of the molecule is O=S([O-])N(c1cccs1)C(c1ccccc1)P(=O)(O)Oc1cccnc1Cl. The van der Waals surface area contributed by atoms with Crippen molar-refractivity contribution in [3.63, 3.8) is 0 Å². The van der Waals surface area contributed by atoms with E-state index in [9.17, 15) is 18.2 Å². The summed E-state index contributed by atoms with van der Waals surface area (Å²) in [6, 6.07) is 14.1. The minimum absolute atomic E-state index is 0.107. The van der Waals surface area contributed by atoms with Crippen LogP contribution in [0.1, 0.15) is 11.3 Å². The molecular formula is C16H13ClN2O5PS2-. The van der Waals surface area contributed by atoms with E-state index in [4.69, 9.17) is 16.1 Å². The second kappa shape index (κ2) is 8.52. The quantitative estimate of drug-likeness (QED) is 0.330. The van der Waals surface area contributed by atoms with Gasteiger partial charge in [0.15, 0.2) is 16.7 Å². The lowest BCUT2D eigenvalue weighted by Crippen LogP contribution is -2.31. The molecule has 0 fully saturated rings. The van der Waals surface area contributed by atoms with Gasteiger partial charge in [0.05, 0.1) is 0 Å². The highest BCUT2D eigenvalue weighted by molar-refractivity contribution is 7.81. The maximum atomic E-state index is 13.2. The maximum absolute atomic E-state index is 13.2. The molecule has 2 aromatic heterocycles. The third kappa shape index (κ3) is 4.57. The second-order valence-electron chi connectivity index (χ2n) is 5.23. The van der Waals surface area contributed by atoms with Crippen molar-refractivity contribution in [3.8, 4) is 5.75 Å². The molecule has 3 aromatic rings. The Morgan fingerprint density at radius 3 is 2.56 bits per heavy atom. The number of halogens is 1. The summed E-state index contributed by atoms with van der Waals surface area (Å²) < 4.78 is 43.3. The Morgan fingerprint density at radius 1 is 1.22 bits per heavy atom. The zero-order valence-corrected chi connectivity index (χ0v) is 16.8. The molecule has 11 heteroatoms. The van der Waals surface area contributed by atoms with Gasteiger partial charge in [-0.25, -0.2) is 9.55 Å². The molecule has 2 heterocycles. The van der Waals surface area contributed by atoms with Gasteiger partial charge in [-0.15, -0.1) is 11.3 Å². The maximum Gasteiger partial charge on any atom is 0.404 e. The Bertz CT molecular complexity index is 974. The molecule has 1 N–H and O–H groups in total. The highest BCUT2D eigenvalue weighted by Gasteiger charge is 2.42. The van der Waals surface area contributed by atoms with Gasteiger partial charge in [0.1, 0.15) is 5.00 Å². The summed E-state index contributed by atoms with van der Waals surface area (Å²) in [6.07, 6.45) is 1.40. The molecule has 0 amide bonds. The Labute approximate surface area is 167 Å². The van der Waals surface area contributed by atoms with E-state index in [0.29, 0.717) is 5.56 Å². The van der Waals surface area contributed by atoms with E-state index in [0.717, 1.165) is 15.6 Å². The first-order valence-electron chi connectivity index (χ1n) is 7.50. The average molecular weight is 444 g/mol. The second-order valence-corrected chi connectivity index (χ2v) is 9.14. The Hall–Kier alpha value is -1.74. The van der Waals surface area contributed by atoms with Crippen LogP contribution in [-0.4, -0.2) is 18.6 Å². The van der Waals surface area contributed by atoms with Crippen molar-refractivity contribution in [1.82, 2.24) is 4.98 Å². The molecule has 0 saturated carbocycles. The summed E-state index contributed by atoms with van der Waals surface area (Å²) in [7, 11) is -4.61. The van der Waals surface area contributed by atoms with Crippen LogP contribution in [-0.2, 0) is 15.8 Å². The van der Waals surface area contributed by atoms with E-state index in [2.05, 4.69) is 4.98 Å². The molecule has 3 unspecified atom stereocenters. The number of hydrogen-bond acceptors (Lipinski definition) is 6. The zero-order chi connectivity index (χ0) is 19.4. The van der Waals surface area contributed by atoms with Crippen molar-refractivity contribution in [2.75, 3.05) is 4.31 Å². The number of hydrogen-bond donors (Lipinski definition) is 1. The predicted molar refractivity (Wildman–Crippen MR) is 105 cm³/mol. The van der Waals surface area contributed by atoms with Crippen LogP contribution in [0.25, 0.3) is 0 Å². The molecule has 0 aliphatic carbocycles. The summed E-state index contributed by atoms with van der Waals surface area (Å²) >= 11 is 4.20. The number of rotatable bonds is 7. The van der Waals surface area contributed by atoms with Crippen LogP contribution >= 0.6 is 30.5 Å². The monoisotopic (exact) mass is 443 g/mol. The van der Waals surface area contributed by atoms with Gasteiger partial charge >= 0.3 is 7.60 Å². The van der Waals surface area contributed by atoms with Gasteiger partial charge in [0, 0.05) is 17.5 Å². The Morgan fingerprint density at radius 2 is 1.96 bits per heavy atom. The fourth-order valence-electron chi connectivity index (χ4n) is 2.38. The van der Waals surface area contributed by atoms with Gasteiger partial charge in [0.2, 0.25) is 0 Å². The van der Waals surface area contributed by atoms with Crippen molar-refractivity contribution < 1.29 is 22.7 Å². The first-order chi connectivity index (χ1) is 12.9. The summed E-state index contributed by atoms with van der Waals surface area (Å²) in [5.74, 6) is -1.62. The largest absolute Gasteiger partial charge is 0.755 e. The Balaban J connectivity index is 2.10. The topological polar surface area (TPSA) is 103 Å². The lowest BCUT2D eigenvalue weighted by atomic mass is 10.2.